The maximum absolute atomic E-state index is 12.3. The van der Waals surface area contributed by atoms with Gasteiger partial charge < -0.3 is 14.8 Å². The van der Waals surface area contributed by atoms with Crippen LogP contribution < -0.4 is 5.32 Å². The lowest BCUT2D eigenvalue weighted by Crippen LogP contribution is -2.14. The quantitative estimate of drug-likeness (QED) is 0.587. The number of aliphatic hydroxyl groups is 1. The average Bonchev–Trinajstić information content (AvgIpc) is 3.04. The van der Waals surface area contributed by atoms with Crippen LogP contribution in [0.2, 0.25) is 0 Å². The van der Waals surface area contributed by atoms with Gasteiger partial charge in [-0.2, -0.15) is 0 Å². The van der Waals surface area contributed by atoms with Gasteiger partial charge in [-0.1, -0.05) is 42.5 Å². The van der Waals surface area contributed by atoms with Gasteiger partial charge in [-0.3, -0.25) is 4.79 Å². The van der Waals surface area contributed by atoms with Crippen LogP contribution in [0.4, 0.5) is 5.69 Å². The molecule has 0 saturated carbocycles. The van der Waals surface area contributed by atoms with Crippen molar-refractivity contribution in [2.75, 3.05) is 5.32 Å². The molecule has 1 heterocycles. The minimum Gasteiger partial charge on any atom is -0.461 e. The monoisotopic (exact) mass is 331 g/mol. The number of amides is 1. The Balaban J connectivity index is 1.57. The third-order valence-corrected chi connectivity index (χ3v) is 4.21. The van der Waals surface area contributed by atoms with Gasteiger partial charge in [-0.25, -0.2) is 0 Å². The summed E-state index contributed by atoms with van der Waals surface area (Å²) < 4.78 is 5.83. The molecule has 124 valence electrons. The second kappa shape index (κ2) is 6.42. The first-order valence-corrected chi connectivity index (χ1v) is 8.13. The first kappa shape index (κ1) is 15.4. The van der Waals surface area contributed by atoms with Crippen LogP contribution in [-0.4, -0.2) is 11.0 Å². The zero-order valence-corrected chi connectivity index (χ0v) is 13.5. The van der Waals surface area contributed by atoms with Gasteiger partial charge in [0, 0.05) is 11.1 Å². The van der Waals surface area contributed by atoms with Crippen LogP contribution in [0.3, 0.4) is 0 Å². The van der Waals surface area contributed by atoms with Crippen LogP contribution >= 0.6 is 0 Å². The van der Waals surface area contributed by atoms with Crippen molar-refractivity contribution in [1.82, 2.24) is 0 Å². The summed E-state index contributed by atoms with van der Waals surface area (Å²) in [6.45, 7) is -0.0552. The first-order chi connectivity index (χ1) is 12.2. The predicted octanol–water partition coefficient (Wildman–Crippen LogP) is 4.26. The number of carbonyl (C=O) groups is 1. The minimum atomic E-state index is -0.154. The molecule has 0 bridgehead atoms. The zero-order chi connectivity index (χ0) is 17.2. The number of nitrogens with one attached hydrogen (secondary N) is 1. The molecule has 4 rings (SSSR count). The zero-order valence-electron chi connectivity index (χ0n) is 13.5. The summed E-state index contributed by atoms with van der Waals surface area (Å²) in [6, 6.07) is 21.1. The molecule has 1 amide bonds. The number of fused-ring (bicyclic) bond motifs is 3. The van der Waals surface area contributed by atoms with E-state index in [1.165, 1.54) is 0 Å². The summed E-state index contributed by atoms with van der Waals surface area (Å²) in [6.07, 6.45) is 0.159. The highest BCUT2D eigenvalue weighted by molar-refractivity contribution is 6.06. The highest BCUT2D eigenvalue weighted by Gasteiger charge is 2.11. The molecule has 0 aliphatic carbocycles. The van der Waals surface area contributed by atoms with E-state index in [4.69, 9.17) is 4.42 Å². The van der Waals surface area contributed by atoms with Crippen molar-refractivity contribution in [2.24, 2.45) is 0 Å². The normalized spacial score (nSPS) is 11.1. The summed E-state index contributed by atoms with van der Waals surface area (Å²) >= 11 is 0. The summed E-state index contributed by atoms with van der Waals surface area (Å²) in [5.74, 6) is 0.473. The van der Waals surface area contributed by atoms with Crippen LogP contribution in [0.5, 0.6) is 0 Å². The van der Waals surface area contributed by atoms with Crippen LogP contribution in [-0.2, 0) is 17.8 Å². The van der Waals surface area contributed by atoms with E-state index in [9.17, 15) is 9.90 Å². The molecule has 3 aromatic carbocycles. The van der Waals surface area contributed by atoms with Crippen molar-refractivity contribution in [3.8, 4) is 0 Å². The van der Waals surface area contributed by atoms with Gasteiger partial charge in [0.1, 0.15) is 11.3 Å². The van der Waals surface area contributed by atoms with Crippen molar-refractivity contribution in [3.63, 3.8) is 0 Å². The van der Waals surface area contributed by atoms with Gasteiger partial charge in [0.2, 0.25) is 5.91 Å². The van der Waals surface area contributed by atoms with E-state index in [2.05, 4.69) is 17.4 Å². The fourth-order valence-electron chi connectivity index (χ4n) is 3.04. The maximum Gasteiger partial charge on any atom is 0.231 e. The van der Waals surface area contributed by atoms with Crippen LogP contribution in [0.25, 0.3) is 21.7 Å². The second-order valence-corrected chi connectivity index (χ2v) is 5.99. The number of rotatable bonds is 4. The van der Waals surface area contributed by atoms with Crippen molar-refractivity contribution in [3.05, 3.63) is 78.1 Å². The number of aliphatic hydroxyl groups excluding tert-OH is 1. The molecule has 0 atom stereocenters. The first-order valence-electron chi connectivity index (χ1n) is 8.13. The lowest BCUT2D eigenvalue weighted by atomic mass is 10.1. The molecule has 0 saturated heterocycles. The Kier molecular flexibility index (Phi) is 3.96. The van der Waals surface area contributed by atoms with Gasteiger partial charge in [-0.15, -0.1) is 0 Å². The lowest BCUT2D eigenvalue weighted by Gasteiger charge is -2.05. The van der Waals surface area contributed by atoms with Crippen LogP contribution in [0.1, 0.15) is 11.3 Å². The predicted molar refractivity (Wildman–Crippen MR) is 98.4 cm³/mol. The topological polar surface area (TPSA) is 62.5 Å². The van der Waals surface area contributed by atoms with Crippen LogP contribution in [0, 0.1) is 0 Å². The highest BCUT2D eigenvalue weighted by atomic mass is 16.3. The molecule has 0 spiro atoms. The summed E-state index contributed by atoms with van der Waals surface area (Å²) in [7, 11) is 0. The molecule has 0 radical (unpaired) electrons. The molecule has 1 aromatic heterocycles. The van der Waals surface area contributed by atoms with Gasteiger partial charge in [0.05, 0.1) is 13.0 Å². The number of anilines is 1. The Morgan fingerprint density at radius 3 is 2.72 bits per heavy atom. The lowest BCUT2D eigenvalue weighted by molar-refractivity contribution is -0.115. The van der Waals surface area contributed by atoms with Gasteiger partial charge in [0.15, 0.2) is 0 Å². The molecule has 4 nitrogen and oxygen atoms in total. The van der Waals surface area contributed by atoms with E-state index in [0.29, 0.717) is 11.4 Å². The van der Waals surface area contributed by atoms with Gasteiger partial charge >= 0.3 is 0 Å². The Hall–Kier alpha value is -3.11. The molecule has 0 fully saturated rings. The van der Waals surface area contributed by atoms with Crippen LogP contribution in [0.15, 0.2) is 71.1 Å². The summed E-state index contributed by atoms with van der Waals surface area (Å²) in [5, 5.41) is 15.3. The third kappa shape index (κ3) is 3.12. The van der Waals surface area contributed by atoms with E-state index in [-0.39, 0.29) is 18.9 Å². The Labute approximate surface area is 144 Å². The third-order valence-electron chi connectivity index (χ3n) is 4.21. The van der Waals surface area contributed by atoms with Gasteiger partial charge in [-0.05, 0) is 40.6 Å². The largest absolute Gasteiger partial charge is 0.461 e. The smallest absolute Gasteiger partial charge is 0.231 e. The highest BCUT2D eigenvalue weighted by Crippen LogP contribution is 2.28. The Bertz CT molecular complexity index is 1070. The summed E-state index contributed by atoms with van der Waals surface area (Å²) in [4.78, 5) is 12.3. The number of carbonyl (C=O) groups excluding carboxylic acids is 1. The molecule has 0 aliphatic rings. The van der Waals surface area contributed by atoms with Crippen molar-refractivity contribution in [1.29, 1.82) is 0 Å². The molecule has 0 aliphatic heterocycles. The van der Waals surface area contributed by atoms with Gasteiger partial charge in [0.25, 0.3) is 0 Å². The van der Waals surface area contributed by atoms with E-state index < -0.39 is 0 Å². The Morgan fingerprint density at radius 1 is 0.960 bits per heavy atom. The molecule has 4 heteroatoms. The van der Waals surface area contributed by atoms with E-state index in [0.717, 1.165) is 27.3 Å². The molecule has 0 unspecified atom stereocenters. The Morgan fingerprint density at radius 2 is 1.84 bits per heavy atom. The van der Waals surface area contributed by atoms with E-state index >= 15 is 0 Å². The summed E-state index contributed by atoms with van der Waals surface area (Å²) in [5.41, 5.74) is 2.20. The number of hydrogen-bond acceptors (Lipinski definition) is 3. The fraction of sp³-hybridized carbons (Fsp3) is 0.0952. The van der Waals surface area contributed by atoms with Crippen molar-refractivity contribution in [2.45, 2.75) is 13.0 Å². The number of benzene rings is 3. The second-order valence-electron chi connectivity index (χ2n) is 5.99. The number of furan rings is 1. The number of hydrogen-bond donors (Lipinski definition) is 2. The maximum atomic E-state index is 12.3. The average molecular weight is 331 g/mol. The molecular formula is C21H17NO3. The SMILES string of the molecule is O=C(Cc1cc2c(ccc3ccccc32)o1)Nc1cccc(CO)c1. The van der Waals surface area contributed by atoms with Crippen molar-refractivity contribution >= 4 is 33.3 Å². The van der Waals surface area contributed by atoms with E-state index in [1.807, 2.05) is 30.3 Å². The van der Waals surface area contributed by atoms with Crippen molar-refractivity contribution < 1.29 is 14.3 Å². The molecule has 4 aromatic rings. The van der Waals surface area contributed by atoms with E-state index in [1.54, 1.807) is 24.3 Å². The minimum absolute atomic E-state index is 0.0552. The molecule has 25 heavy (non-hydrogen) atoms. The fourth-order valence-corrected chi connectivity index (χ4v) is 3.04. The standard InChI is InChI=1S/C21H17NO3/c23-13-14-4-3-6-16(10-14)22-21(24)12-17-11-19-18-7-2-1-5-15(18)8-9-20(19)25-17/h1-11,23H,12-13H2,(H,22,24). The molecule has 2 N–H and O–H groups in total. The molecular weight excluding hydrogens is 314 g/mol.